The Hall–Kier alpha value is -1.51. The lowest BCUT2D eigenvalue weighted by atomic mass is 9.85. The average molecular weight is 541 g/mol. The summed E-state index contributed by atoms with van der Waals surface area (Å²) in [4.78, 5) is 5.11. The molecule has 192 valence electrons. The van der Waals surface area contributed by atoms with E-state index in [0.29, 0.717) is 23.5 Å². The molecule has 1 N–H and O–H groups in total. The van der Waals surface area contributed by atoms with Gasteiger partial charge in [0.05, 0.1) is 16.8 Å². The van der Waals surface area contributed by atoms with E-state index in [-0.39, 0.29) is 16.0 Å². The molecule has 2 aliphatic rings. The third-order valence-corrected chi connectivity index (χ3v) is 9.10. The van der Waals surface area contributed by atoms with Crippen LogP contribution in [0.1, 0.15) is 39.5 Å². The van der Waals surface area contributed by atoms with Crippen LogP contribution in [0.25, 0.3) is 0 Å². The van der Waals surface area contributed by atoms with Gasteiger partial charge in [-0.2, -0.15) is 0 Å². The summed E-state index contributed by atoms with van der Waals surface area (Å²) in [7, 11) is -3.65. The van der Waals surface area contributed by atoms with Crippen molar-refractivity contribution < 1.29 is 13.2 Å². The topological polar surface area (TPSA) is 61.9 Å². The van der Waals surface area contributed by atoms with Crippen LogP contribution in [0.2, 0.25) is 10.0 Å². The lowest BCUT2D eigenvalue weighted by Crippen LogP contribution is -2.51. The van der Waals surface area contributed by atoms with Gasteiger partial charge in [-0.25, -0.2) is 13.1 Å². The molecule has 9 heteroatoms. The second-order valence-corrected chi connectivity index (χ2v) is 12.3. The summed E-state index contributed by atoms with van der Waals surface area (Å²) in [5.74, 6) is 1.30. The lowest BCUT2D eigenvalue weighted by molar-refractivity contribution is 0.129. The summed E-state index contributed by atoms with van der Waals surface area (Å²) in [6.45, 7) is 8.60. The van der Waals surface area contributed by atoms with E-state index in [1.807, 2.05) is 6.07 Å². The van der Waals surface area contributed by atoms with Crippen molar-refractivity contribution in [1.82, 2.24) is 9.62 Å². The Bertz CT molecular complexity index is 1100. The molecule has 0 aromatic heterocycles. The van der Waals surface area contributed by atoms with Gasteiger partial charge in [-0.15, -0.1) is 0 Å². The van der Waals surface area contributed by atoms with Crippen LogP contribution in [0, 0.1) is 5.92 Å². The number of anilines is 1. The van der Waals surface area contributed by atoms with Crippen molar-refractivity contribution >= 4 is 38.9 Å². The number of benzene rings is 2. The van der Waals surface area contributed by atoms with Crippen LogP contribution in [0.5, 0.6) is 5.75 Å². The summed E-state index contributed by atoms with van der Waals surface area (Å²) in [6.07, 6.45) is 4.39. The van der Waals surface area contributed by atoms with Gasteiger partial charge in [0.15, 0.2) is 0 Å². The molecule has 1 aliphatic carbocycles. The number of rotatable bonds is 8. The van der Waals surface area contributed by atoms with Crippen molar-refractivity contribution in [2.75, 3.05) is 37.6 Å². The first kappa shape index (κ1) is 26.6. The molecular weight excluding hydrogens is 505 g/mol. The van der Waals surface area contributed by atoms with Crippen LogP contribution < -0.4 is 14.4 Å². The molecular formula is C26H35Cl2N3O3S. The van der Waals surface area contributed by atoms with Gasteiger partial charge < -0.3 is 9.64 Å². The number of hydrogen-bond acceptors (Lipinski definition) is 5. The number of nitrogens with zero attached hydrogens (tertiary/aromatic N) is 2. The third kappa shape index (κ3) is 6.83. The Labute approximate surface area is 219 Å². The van der Waals surface area contributed by atoms with Crippen LogP contribution in [0.15, 0.2) is 47.4 Å². The largest absolute Gasteiger partial charge is 0.489 e. The fourth-order valence-electron chi connectivity index (χ4n) is 5.11. The number of ether oxygens (including phenoxy) is 1. The molecule has 2 aromatic carbocycles. The summed E-state index contributed by atoms with van der Waals surface area (Å²) in [6, 6.07) is 13.3. The molecule has 1 aliphatic heterocycles. The van der Waals surface area contributed by atoms with E-state index in [0.717, 1.165) is 57.6 Å². The van der Waals surface area contributed by atoms with Crippen molar-refractivity contribution in [3.8, 4) is 5.75 Å². The zero-order valence-corrected chi connectivity index (χ0v) is 22.7. The van der Waals surface area contributed by atoms with Gasteiger partial charge in [0.25, 0.3) is 0 Å². The molecule has 35 heavy (non-hydrogen) atoms. The highest BCUT2D eigenvalue weighted by Crippen LogP contribution is 2.32. The van der Waals surface area contributed by atoms with E-state index in [2.05, 4.69) is 46.6 Å². The normalized spacial score (nSPS) is 21.9. The molecule has 2 aromatic rings. The van der Waals surface area contributed by atoms with Gasteiger partial charge >= 0.3 is 0 Å². The lowest BCUT2D eigenvalue weighted by Gasteiger charge is -2.43. The molecule has 6 nitrogen and oxygen atoms in total. The Morgan fingerprint density at radius 3 is 2.34 bits per heavy atom. The number of piperazine rings is 1. The molecule has 0 spiro atoms. The van der Waals surface area contributed by atoms with Gasteiger partial charge in [-0.1, -0.05) is 35.3 Å². The first-order chi connectivity index (χ1) is 16.7. The molecule has 1 heterocycles. The smallest absolute Gasteiger partial charge is 0.242 e. The van der Waals surface area contributed by atoms with Crippen LogP contribution in [0.4, 0.5) is 5.69 Å². The van der Waals surface area contributed by atoms with Gasteiger partial charge in [0.1, 0.15) is 10.6 Å². The fourth-order valence-corrected chi connectivity index (χ4v) is 7.00. The predicted octanol–water partition coefficient (Wildman–Crippen LogP) is 5.44. The SMILES string of the molecule is CC(C)Oc1ccccc1N1CCN(C2CCC(CNS(=O)(=O)c3ccc(Cl)cc3Cl)CC2)CC1. The summed E-state index contributed by atoms with van der Waals surface area (Å²) >= 11 is 12.0. The van der Waals surface area contributed by atoms with Gasteiger partial charge in [-0.05, 0) is 75.8 Å². The summed E-state index contributed by atoms with van der Waals surface area (Å²) in [5, 5.41) is 0.562. The minimum Gasteiger partial charge on any atom is -0.489 e. The molecule has 4 rings (SSSR count). The van der Waals surface area contributed by atoms with Crippen molar-refractivity contribution in [3.05, 3.63) is 52.5 Å². The quantitative estimate of drug-likeness (QED) is 0.483. The minimum atomic E-state index is -3.65. The monoisotopic (exact) mass is 539 g/mol. The van der Waals surface area contributed by atoms with Gasteiger partial charge in [0.2, 0.25) is 10.0 Å². The maximum absolute atomic E-state index is 12.7. The molecule has 0 bridgehead atoms. The van der Waals surface area contributed by atoms with E-state index in [4.69, 9.17) is 27.9 Å². The fraction of sp³-hybridized carbons (Fsp3) is 0.538. The number of sulfonamides is 1. The van der Waals surface area contributed by atoms with Gasteiger partial charge in [0, 0.05) is 43.8 Å². The molecule has 0 radical (unpaired) electrons. The summed E-state index contributed by atoms with van der Waals surface area (Å²) in [5.41, 5.74) is 1.18. The molecule has 0 atom stereocenters. The predicted molar refractivity (Wildman–Crippen MR) is 143 cm³/mol. The van der Waals surface area contributed by atoms with Crippen molar-refractivity contribution in [1.29, 1.82) is 0 Å². The Kier molecular flexibility index (Phi) is 8.87. The van der Waals surface area contributed by atoms with Crippen molar-refractivity contribution in [2.24, 2.45) is 5.92 Å². The summed E-state index contributed by atoms with van der Waals surface area (Å²) < 4.78 is 34.2. The van der Waals surface area contributed by atoms with E-state index in [9.17, 15) is 8.42 Å². The minimum absolute atomic E-state index is 0.0792. The standard InChI is InChI=1S/C26H35Cl2N3O3S/c1-19(2)34-25-6-4-3-5-24(25)31-15-13-30(14-16-31)22-10-7-20(8-11-22)18-29-35(32,33)26-12-9-21(27)17-23(26)28/h3-6,9,12,17,19-20,22,29H,7-8,10-11,13-16,18H2,1-2H3. The number of nitrogens with one attached hydrogen (secondary N) is 1. The van der Waals surface area contributed by atoms with E-state index < -0.39 is 10.0 Å². The van der Waals surface area contributed by atoms with E-state index in [1.165, 1.54) is 17.8 Å². The number of hydrogen-bond donors (Lipinski definition) is 1. The highest BCUT2D eigenvalue weighted by molar-refractivity contribution is 7.89. The molecule has 0 unspecified atom stereocenters. The molecule has 2 fully saturated rings. The second kappa shape index (κ2) is 11.7. The average Bonchev–Trinajstić information content (AvgIpc) is 2.83. The van der Waals surface area contributed by atoms with Crippen LogP contribution in [-0.2, 0) is 10.0 Å². The Morgan fingerprint density at radius 2 is 1.69 bits per heavy atom. The van der Waals surface area contributed by atoms with Gasteiger partial charge in [-0.3, -0.25) is 4.90 Å². The number of halogens is 2. The highest BCUT2D eigenvalue weighted by atomic mass is 35.5. The van der Waals surface area contributed by atoms with Crippen molar-refractivity contribution in [2.45, 2.75) is 56.6 Å². The first-order valence-electron chi connectivity index (χ1n) is 12.4. The molecule has 1 saturated carbocycles. The molecule has 0 amide bonds. The van der Waals surface area contributed by atoms with Crippen LogP contribution in [0.3, 0.4) is 0 Å². The Balaban J connectivity index is 1.24. The zero-order valence-electron chi connectivity index (χ0n) is 20.4. The van der Waals surface area contributed by atoms with Crippen LogP contribution >= 0.6 is 23.2 Å². The third-order valence-electron chi connectivity index (χ3n) is 6.96. The van der Waals surface area contributed by atoms with E-state index >= 15 is 0 Å². The van der Waals surface area contributed by atoms with E-state index in [1.54, 1.807) is 6.07 Å². The van der Waals surface area contributed by atoms with Crippen LogP contribution in [-0.4, -0.2) is 58.2 Å². The first-order valence-corrected chi connectivity index (χ1v) is 14.7. The maximum Gasteiger partial charge on any atom is 0.242 e. The Morgan fingerprint density at radius 1 is 1.00 bits per heavy atom. The zero-order chi connectivity index (χ0) is 25.0. The molecule has 1 saturated heterocycles. The van der Waals surface area contributed by atoms with Crippen molar-refractivity contribution in [3.63, 3.8) is 0 Å². The highest BCUT2D eigenvalue weighted by Gasteiger charge is 2.30. The second-order valence-electron chi connectivity index (χ2n) is 9.76. The maximum atomic E-state index is 12.7. The number of para-hydroxylation sites is 2.